The minimum Gasteiger partial charge on any atom is -0.303 e. The third-order valence-corrected chi connectivity index (χ3v) is 6.12. The van der Waals surface area contributed by atoms with Crippen LogP contribution in [0.5, 0.6) is 0 Å². The van der Waals surface area contributed by atoms with Gasteiger partial charge in [-0.1, -0.05) is 26.0 Å². The topological polar surface area (TPSA) is 49.4 Å². The Balaban J connectivity index is 1.84. The van der Waals surface area contributed by atoms with Gasteiger partial charge in [-0.05, 0) is 62.3 Å². The smallest absolute Gasteiger partial charge is 0.240 e. The monoisotopic (exact) mass is 338 g/mol. The molecule has 2 rings (SSSR count). The maximum Gasteiger partial charge on any atom is 0.240 e. The van der Waals surface area contributed by atoms with Gasteiger partial charge in [0.25, 0.3) is 0 Å². The van der Waals surface area contributed by atoms with Gasteiger partial charge in [-0.2, -0.15) is 0 Å². The molecule has 0 bridgehead atoms. The molecule has 0 aliphatic carbocycles. The Hall–Kier alpha value is -0.910. The zero-order valence-corrected chi connectivity index (χ0v) is 15.6. The lowest BCUT2D eigenvalue weighted by Crippen LogP contribution is -2.40. The largest absolute Gasteiger partial charge is 0.303 e. The molecule has 5 heteroatoms. The SMILES string of the molecule is Cc1ccc(C)c(S(=O)(=O)NCCCN2CC(C)CC(C)C2)c1. The van der Waals surface area contributed by atoms with Crippen molar-refractivity contribution in [2.24, 2.45) is 11.8 Å². The van der Waals surface area contributed by atoms with Gasteiger partial charge in [0.2, 0.25) is 10.0 Å². The number of hydrogen-bond donors (Lipinski definition) is 1. The molecule has 2 unspecified atom stereocenters. The van der Waals surface area contributed by atoms with E-state index in [9.17, 15) is 8.42 Å². The molecule has 1 aliphatic heterocycles. The maximum absolute atomic E-state index is 12.4. The highest BCUT2D eigenvalue weighted by Gasteiger charge is 2.21. The molecule has 1 aliphatic rings. The Labute approximate surface area is 141 Å². The molecular formula is C18H30N2O2S. The van der Waals surface area contributed by atoms with Crippen molar-refractivity contribution in [3.63, 3.8) is 0 Å². The Morgan fingerprint density at radius 3 is 2.48 bits per heavy atom. The van der Waals surface area contributed by atoms with Gasteiger partial charge >= 0.3 is 0 Å². The quantitative estimate of drug-likeness (QED) is 0.811. The van der Waals surface area contributed by atoms with E-state index in [1.165, 1.54) is 6.42 Å². The summed E-state index contributed by atoms with van der Waals surface area (Å²) in [4.78, 5) is 2.86. The lowest BCUT2D eigenvalue weighted by Gasteiger charge is -2.34. The first-order valence-corrected chi connectivity index (χ1v) is 10.1. The van der Waals surface area contributed by atoms with E-state index in [-0.39, 0.29) is 0 Å². The summed E-state index contributed by atoms with van der Waals surface area (Å²) in [7, 11) is -3.41. The van der Waals surface area contributed by atoms with Crippen LogP contribution in [0.2, 0.25) is 0 Å². The molecule has 1 aromatic carbocycles. The molecule has 1 heterocycles. The molecule has 23 heavy (non-hydrogen) atoms. The molecule has 0 radical (unpaired) electrons. The molecule has 1 N–H and O–H groups in total. The standard InChI is InChI=1S/C18H30N2O2S/c1-14-6-7-17(4)18(11-14)23(21,22)19-8-5-9-20-12-15(2)10-16(3)13-20/h6-7,11,15-16,19H,5,8-10,12-13H2,1-4H3. The summed E-state index contributed by atoms with van der Waals surface area (Å²) in [6, 6.07) is 5.54. The molecule has 0 saturated carbocycles. The van der Waals surface area contributed by atoms with Crippen LogP contribution in [-0.2, 0) is 10.0 Å². The van der Waals surface area contributed by atoms with Gasteiger partial charge < -0.3 is 4.90 Å². The van der Waals surface area contributed by atoms with E-state index in [2.05, 4.69) is 23.5 Å². The Bertz CT molecular complexity index is 618. The summed E-state index contributed by atoms with van der Waals surface area (Å²) in [6.45, 7) is 12.1. The van der Waals surface area contributed by atoms with Crippen LogP contribution in [0.4, 0.5) is 0 Å². The van der Waals surface area contributed by atoms with Crippen molar-refractivity contribution in [2.45, 2.75) is 45.4 Å². The Morgan fingerprint density at radius 2 is 1.83 bits per heavy atom. The van der Waals surface area contributed by atoms with E-state index in [0.29, 0.717) is 11.4 Å². The number of nitrogens with one attached hydrogen (secondary N) is 1. The lowest BCUT2D eigenvalue weighted by atomic mass is 9.92. The highest BCUT2D eigenvalue weighted by atomic mass is 32.2. The highest BCUT2D eigenvalue weighted by Crippen LogP contribution is 2.21. The number of benzene rings is 1. The number of nitrogens with zero attached hydrogens (tertiary/aromatic N) is 1. The second kappa shape index (κ2) is 7.77. The van der Waals surface area contributed by atoms with E-state index in [4.69, 9.17) is 0 Å². The zero-order valence-electron chi connectivity index (χ0n) is 14.8. The average molecular weight is 339 g/mol. The maximum atomic E-state index is 12.4. The summed E-state index contributed by atoms with van der Waals surface area (Å²) in [5.41, 5.74) is 1.76. The number of aryl methyl sites for hydroxylation is 2. The number of sulfonamides is 1. The van der Waals surface area contributed by atoms with E-state index in [1.54, 1.807) is 6.07 Å². The van der Waals surface area contributed by atoms with Gasteiger partial charge in [0.05, 0.1) is 4.90 Å². The van der Waals surface area contributed by atoms with Crippen molar-refractivity contribution in [3.8, 4) is 0 Å². The van der Waals surface area contributed by atoms with Crippen LogP contribution >= 0.6 is 0 Å². The Kier molecular flexibility index (Phi) is 6.23. The fourth-order valence-corrected chi connectivity index (χ4v) is 4.96. The van der Waals surface area contributed by atoms with Crippen LogP contribution in [-0.4, -0.2) is 39.5 Å². The van der Waals surface area contributed by atoms with Crippen molar-refractivity contribution in [1.82, 2.24) is 9.62 Å². The van der Waals surface area contributed by atoms with Crippen LogP contribution in [0.15, 0.2) is 23.1 Å². The molecular weight excluding hydrogens is 308 g/mol. The minimum absolute atomic E-state index is 0.401. The molecule has 2 atom stereocenters. The van der Waals surface area contributed by atoms with Gasteiger partial charge in [0.15, 0.2) is 0 Å². The van der Waals surface area contributed by atoms with E-state index in [1.807, 2.05) is 26.0 Å². The van der Waals surface area contributed by atoms with E-state index in [0.717, 1.165) is 49.0 Å². The molecule has 130 valence electrons. The van der Waals surface area contributed by atoms with Crippen molar-refractivity contribution >= 4 is 10.0 Å². The van der Waals surface area contributed by atoms with Crippen molar-refractivity contribution in [1.29, 1.82) is 0 Å². The van der Waals surface area contributed by atoms with E-state index < -0.39 is 10.0 Å². The number of hydrogen-bond acceptors (Lipinski definition) is 3. The first-order chi connectivity index (χ1) is 10.8. The van der Waals surface area contributed by atoms with E-state index >= 15 is 0 Å². The third kappa shape index (κ3) is 5.30. The van der Waals surface area contributed by atoms with Crippen LogP contribution in [0.3, 0.4) is 0 Å². The predicted molar refractivity (Wildman–Crippen MR) is 95.1 cm³/mol. The fourth-order valence-electron chi connectivity index (χ4n) is 3.56. The highest BCUT2D eigenvalue weighted by molar-refractivity contribution is 7.89. The fraction of sp³-hybridized carbons (Fsp3) is 0.667. The van der Waals surface area contributed by atoms with Crippen molar-refractivity contribution < 1.29 is 8.42 Å². The average Bonchev–Trinajstić information content (AvgIpc) is 2.45. The molecule has 1 saturated heterocycles. The summed E-state index contributed by atoms with van der Waals surface area (Å²) in [5.74, 6) is 1.48. The first-order valence-electron chi connectivity index (χ1n) is 8.57. The first kappa shape index (κ1) is 18.4. The second-order valence-corrected chi connectivity index (χ2v) is 8.96. The minimum atomic E-state index is -3.41. The van der Waals surface area contributed by atoms with Gasteiger partial charge in [0.1, 0.15) is 0 Å². The van der Waals surface area contributed by atoms with Gasteiger partial charge in [-0.25, -0.2) is 13.1 Å². The summed E-state index contributed by atoms with van der Waals surface area (Å²) in [5, 5.41) is 0. The second-order valence-electron chi connectivity index (χ2n) is 7.23. The molecule has 1 fully saturated rings. The normalized spacial score (nSPS) is 23.1. The lowest BCUT2D eigenvalue weighted by molar-refractivity contribution is 0.140. The van der Waals surface area contributed by atoms with Crippen molar-refractivity contribution in [2.75, 3.05) is 26.2 Å². The molecule has 0 amide bonds. The molecule has 0 spiro atoms. The van der Waals surface area contributed by atoms with Gasteiger partial charge in [0, 0.05) is 19.6 Å². The van der Waals surface area contributed by atoms with Gasteiger partial charge in [-0.15, -0.1) is 0 Å². The summed E-state index contributed by atoms with van der Waals surface area (Å²) >= 11 is 0. The predicted octanol–water partition coefficient (Wildman–Crippen LogP) is 2.95. The molecule has 4 nitrogen and oxygen atoms in total. The molecule has 1 aromatic rings. The van der Waals surface area contributed by atoms with Crippen LogP contribution < -0.4 is 4.72 Å². The van der Waals surface area contributed by atoms with Gasteiger partial charge in [-0.3, -0.25) is 0 Å². The van der Waals surface area contributed by atoms with Crippen LogP contribution in [0.1, 0.15) is 37.8 Å². The summed E-state index contributed by atoms with van der Waals surface area (Å²) in [6.07, 6.45) is 2.15. The molecule has 0 aromatic heterocycles. The zero-order chi connectivity index (χ0) is 17.0. The van der Waals surface area contributed by atoms with Crippen molar-refractivity contribution in [3.05, 3.63) is 29.3 Å². The number of rotatable bonds is 6. The number of piperidine rings is 1. The number of likely N-dealkylation sites (tertiary alicyclic amines) is 1. The van der Waals surface area contributed by atoms with Crippen LogP contribution in [0.25, 0.3) is 0 Å². The Morgan fingerprint density at radius 1 is 1.17 bits per heavy atom. The third-order valence-electron chi connectivity index (χ3n) is 4.52. The van der Waals surface area contributed by atoms with Crippen LogP contribution in [0, 0.1) is 25.7 Å². The summed E-state index contributed by atoms with van der Waals surface area (Å²) < 4.78 is 27.6.